The largest absolute Gasteiger partial charge is 0.348 e. The Morgan fingerprint density at radius 3 is 2.72 bits per heavy atom. The summed E-state index contributed by atoms with van der Waals surface area (Å²) in [5, 5.41) is 2.91. The zero-order valence-electron chi connectivity index (χ0n) is 16.1. The second kappa shape index (κ2) is 8.49. The van der Waals surface area contributed by atoms with Gasteiger partial charge in [0.05, 0.1) is 18.0 Å². The predicted molar refractivity (Wildman–Crippen MR) is 115 cm³/mol. The molecule has 1 N–H and O–H groups in total. The van der Waals surface area contributed by atoms with Crippen molar-refractivity contribution in [1.82, 2.24) is 10.3 Å². The molecule has 1 aliphatic heterocycles. The molecule has 0 bridgehead atoms. The maximum absolute atomic E-state index is 12.6. The minimum Gasteiger partial charge on any atom is -0.348 e. The van der Waals surface area contributed by atoms with E-state index in [1.165, 1.54) is 17.3 Å². The maximum Gasteiger partial charge on any atom is 0.251 e. The number of pyridine rings is 1. The van der Waals surface area contributed by atoms with Crippen LogP contribution in [0.25, 0.3) is 0 Å². The van der Waals surface area contributed by atoms with E-state index < -0.39 is 0 Å². The van der Waals surface area contributed by atoms with Gasteiger partial charge in [0.25, 0.3) is 5.91 Å². The Morgan fingerprint density at radius 1 is 1.14 bits per heavy atom. The molecule has 0 aliphatic carbocycles. The van der Waals surface area contributed by atoms with Gasteiger partial charge in [-0.25, -0.2) is 0 Å². The number of amides is 2. The van der Waals surface area contributed by atoms with Crippen molar-refractivity contribution in [3.63, 3.8) is 0 Å². The molecular formula is C23H21N3O2S. The molecule has 2 aromatic carbocycles. The number of aryl methyl sites for hydroxylation is 1. The van der Waals surface area contributed by atoms with Crippen LogP contribution in [0, 0.1) is 6.92 Å². The summed E-state index contributed by atoms with van der Waals surface area (Å²) in [6.45, 7) is 2.94. The molecule has 0 spiro atoms. The first-order chi connectivity index (χ1) is 14.1. The number of fused-ring (bicyclic) bond motifs is 1. The van der Waals surface area contributed by atoms with Crippen molar-refractivity contribution in [2.24, 2.45) is 0 Å². The van der Waals surface area contributed by atoms with Crippen molar-refractivity contribution < 1.29 is 9.59 Å². The maximum atomic E-state index is 12.6. The van der Waals surface area contributed by atoms with Crippen molar-refractivity contribution in [3.05, 3.63) is 89.2 Å². The summed E-state index contributed by atoms with van der Waals surface area (Å²) in [7, 11) is 0. The highest BCUT2D eigenvalue weighted by atomic mass is 32.2. The molecular weight excluding hydrogens is 382 g/mol. The summed E-state index contributed by atoms with van der Waals surface area (Å²) in [5.41, 5.74) is 4.51. The number of aromatic nitrogens is 1. The van der Waals surface area contributed by atoms with Gasteiger partial charge in [0.15, 0.2) is 0 Å². The highest BCUT2D eigenvalue weighted by molar-refractivity contribution is 8.00. The SMILES string of the molecule is Cc1ccc(CN2C(=O)CSc3ccc(C(=O)NCc4cccnc4)cc32)cc1. The summed E-state index contributed by atoms with van der Waals surface area (Å²) in [5.74, 6) is 0.289. The monoisotopic (exact) mass is 403 g/mol. The fraction of sp³-hybridized carbons (Fsp3) is 0.174. The van der Waals surface area contributed by atoms with Crippen molar-refractivity contribution >= 4 is 29.3 Å². The van der Waals surface area contributed by atoms with E-state index in [1.807, 2.05) is 61.5 Å². The van der Waals surface area contributed by atoms with Crippen molar-refractivity contribution in [3.8, 4) is 0 Å². The van der Waals surface area contributed by atoms with Crippen molar-refractivity contribution in [1.29, 1.82) is 0 Å². The van der Waals surface area contributed by atoms with E-state index in [0.717, 1.165) is 21.7 Å². The average Bonchev–Trinajstić information content (AvgIpc) is 2.76. The van der Waals surface area contributed by atoms with E-state index in [4.69, 9.17) is 0 Å². The molecule has 0 unspecified atom stereocenters. The number of benzene rings is 2. The Labute approximate surface area is 174 Å². The van der Waals surface area contributed by atoms with E-state index in [9.17, 15) is 9.59 Å². The van der Waals surface area contributed by atoms with Crippen LogP contribution in [-0.4, -0.2) is 22.6 Å². The molecule has 4 rings (SSSR count). The summed E-state index contributed by atoms with van der Waals surface area (Å²) in [4.78, 5) is 32.1. The highest BCUT2D eigenvalue weighted by Crippen LogP contribution is 2.36. The molecule has 2 amide bonds. The molecule has 1 aromatic heterocycles. The van der Waals surface area contributed by atoms with Gasteiger partial charge in [-0.15, -0.1) is 11.8 Å². The average molecular weight is 404 g/mol. The summed E-state index contributed by atoms with van der Waals surface area (Å²) < 4.78 is 0. The molecule has 29 heavy (non-hydrogen) atoms. The zero-order valence-corrected chi connectivity index (χ0v) is 16.9. The van der Waals surface area contributed by atoms with E-state index in [-0.39, 0.29) is 11.8 Å². The molecule has 5 nitrogen and oxygen atoms in total. The fourth-order valence-corrected chi connectivity index (χ4v) is 4.10. The van der Waals surface area contributed by atoms with Crippen LogP contribution >= 0.6 is 11.8 Å². The summed E-state index contributed by atoms with van der Waals surface area (Å²) in [6, 6.07) is 17.5. The zero-order chi connectivity index (χ0) is 20.2. The predicted octanol–water partition coefficient (Wildman–Crippen LogP) is 3.96. The lowest BCUT2D eigenvalue weighted by molar-refractivity contribution is -0.116. The van der Waals surface area contributed by atoms with Gasteiger partial charge in [-0.05, 0) is 42.3 Å². The van der Waals surface area contributed by atoms with Crippen LogP contribution in [0.4, 0.5) is 5.69 Å². The van der Waals surface area contributed by atoms with Crippen LogP contribution in [0.2, 0.25) is 0 Å². The molecule has 0 fully saturated rings. The van der Waals surface area contributed by atoms with Crippen molar-refractivity contribution in [2.45, 2.75) is 24.9 Å². The minimum absolute atomic E-state index is 0.0518. The lowest BCUT2D eigenvalue weighted by atomic mass is 10.1. The van der Waals surface area contributed by atoms with Gasteiger partial charge in [0.1, 0.15) is 0 Å². The van der Waals surface area contributed by atoms with E-state index >= 15 is 0 Å². The van der Waals surface area contributed by atoms with Gasteiger partial charge in [-0.3, -0.25) is 14.6 Å². The van der Waals surface area contributed by atoms with Crippen LogP contribution in [0.5, 0.6) is 0 Å². The molecule has 0 saturated carbocycles. The van der Waals surface area contributed by atoms with Gasteiger partial charge < -0.3 is 10.2 Å². The lowest BCUT2D eigenvalue weighted by Gasteiger charge is -2.29. The first-order valence-electron chi connectivity index (χ1n) is 9.40. The van der Waals surface area contributed by atoms with E-state index in [2.05, 4.69) is 10.3 Å². The molecule has 0 saturated heterocycles. The Balaban J connectivity index is 1.55. The smallest absolute Gasteiger partial charge is 0.251 e. The number of nitrogens with one attached hydrogen (secondary N) is 1. The minimum atomic E-state index is -0.171. The molecule has 1 aliphatic rings. The third kappa shape index (κ3) is 4.49. The van der Waals surface area contributed by atoms with Crippen LogP contribution in [0.3, 0.4) is 0 Å². The van der Waals surface area contributed by atoms with Gasteiger partial charge in [0.2, 0.25) is 5.91 Å². The van der Waals surface area contributed by atoms with Gasteiger partial charge >= 0.3 is 0 Å². The summed E-state index contributed by atoms with van der Waals surface area (Å²) in [6.07, 6.45) is 3.43. The van der Waals surface area contributed by atoms with Crippen LogP contribution < -0.4 is 10.2 Å². The van der Waals surface area contributed by atoms with Gasteiger partial charge in [-0.2, -0.15) is 0 Å². The van der Waals surface area contributed by atoms with Gasteiger partial charge in [0, 0.05) is 29.4 Å². The van der Waals surface area contributed by atoms with Crippen LogP contribution in [0.15, 0.2) is 71.9 Å². The third-order valence-corrected chi connectivity index (χ3v) is 5.85. The number of carbonyl (C=O) groups excluding carboxylic acids is 2. The Hall–Kier alpha value is -3.12. The van der Waals surface area contributed by atoms with Crippen molar-refractivity contribution in [2.75, 3.05) is 10.7 Å². The topological polar surface area (TPSA) is 62.3 Å². The van der Waals surface area contributed by atoms with Gasteiger partial charge in [-0.1, -0.05) is 35.9 Å². The Bertz CT molecular complexity index is 1040. The fourth-order valence-electron chi connectivity index (χ4n) is 3.18. The number of hydrogen-bond acceptors (Lipinski definition) is 4. The number of anilines is 1. The number of rotatable bonds is 5. The highest BCUT2D eigenvalue weighted by Gasteiger charge is 2.26. The van der Waals surface area contributed by atoms with Crippen LogP contribution in [0.1, 0.15) is 27.0 Å². The first kappa shape index (κ1) is 19.2. The number of nitrogens with zero attached hydrogens (tertiary/aromatic N) is 2. The molecule has 0 radical (unpaired) electrons. The molecule has 2 heterocycles. The Morgan fingerprint density at radius 2 is 1.97 bits per heavy atom. The third-order valence-electron chi connectivity index (χ3n) is 4.80. The Kier molecular flexibility index (Phi) is 5.62. The second-order valence-electron chi connectivity index (χ2n) is 6.98. The number of thioether (sulfide) groups is 1. The van der Waals surface area contributed by atoms with Crippen LogP contribution in [-0.2, 0) is 17.9 Å². The van der Waals surface area contributed by atoms with E-state index in [1.54, 1.807) is 17.3 Å². The number of hydrogen-bond donors (Lipinski definition) is 1. The lowest BCUT2D eigenvalue weighted by Crippen LogP contribution is -2.35. The number of carbonyl (C=O) groups is 2. The molecule has 3 aromatic rings. The first-order valence-corrected chi connectivity index (χ1v) is 10.4. The molecule has 0 atom stereocenters. The second-order valence-corrected chi connectivity index (χ2v) is 8.00. The van der Waals surface area contributed by atoms with E-state index in [0.29, 0.717) is 24.4 Å². The molecule has 6 heteroatoms. The quantitative estimate of drug-likeness (QED) is 0.700. The summed E-state index contributed by atoms with van der Waals surface area (Å²) >= 11 is 1.51. The standard InChI is InChI=1S/C23H21N3O2S/c1-16-4-6-17(7-5-16)14-26-20-11-19(8-9-21(20)29-15-22(26)27)23(28)25-13-18-3-2-10-24-12-18/h2-12H,13-15H2,1H3,(H,25,28). The normalized spacial score (nSPS) is 13.1. The molecule has 146 valence electrons.